The zero-order valence-corrected chi connectivity index (χ0v) is 13.4. The SMILES string of the molecule is Cc1cc(Nc2n[nH]c(N)n2)cc(C)c1C(=O)Nc1ccccc1. The van der Waals surface area contributed by atoms with Crippen molar-refractivity contribution in [2.24, 2.45) is 0 Å². The van der Waals surface area contributed by atoms with Crippen molar-refractivity contribution in [1.29, 1.82) is 0 Å². The molecule has 0 fully saturated rings. The van der Waals surface area contributed by atoms with Crippen LogP contribution in [0.5, 0.6) is 0 Å². The Morgan fingerprint density at radius 1 is 1.08 bits per heavy atom. The number of amides is 1. The predicted octanol–water partition coefficient (Wildman–Crippen LogP) is 3.00. The molecule has 1 heterocycles. The molecule has 0 unspecified atom stereocenters. The molecule has 7 heteroatoms. The number of carbonyl (C=O) groups is 1. The summed E-state index contributed by atoms with van der Waals surface area (Å²) in [6, 6.07) is 13.1. The van der Waals surface area contributed by atoms with E-state index in [9.17, 15) is 4.79 Å². The average molecular weight is 322 g/mol. The molecule has 24 heavy (non-hydrogen) atoms. The van der Waals surface area contributed by atoms with Gasteiger partial charge in [-0.05, 0) is 49.2 Å². The molecular weight excluding hydrogens is 304 g/mol. The van der Waals surface area contributed by atoms with E-state index >= 15 is 0 Å². The molecule has 0 saturated carbocycles. The molecule has 1 aromatic heterocycles. The van der Waals surface area contributed by atoms with Crippen molar-refractivity contribution in [2.45, 2.75) is 13.8 Å². The number of aromatic amines is 1. The number of nitrogens with one attached hydrogen (secondary N) is 3. The number of carbonyl (C=O) groups excluding carboxylic acids is 1. The van der Waals surface area contributed by atoms with Crippen molar-refractivity contribution in [3.05, 3.63) is 59.2 Å². The summed E-state index contributed by atoms with van der Waals surface area (Å²) in [4.78, 5) is 16.6. The summed E-state index contributed by atoms with van der Waals surface area (Å²) in [5, 5.41) is 12.5. The van der Waals surface area contributed by atoms with Crippen LogP contribution in [-0.2, 0) is 0 Å². The molecule has 3 rings (SSSR count). The number of anilines is 4. The lowest BCUT2D eigenvalue weighted by Gasteiger charge is -2.13. The fraction of sp³-hybridized carbons (Fsp3) is 0.118. The first-order chi connectivity index (χ1) is 11.5. The standard InChI is InChI=1S/C17H18N6O/c1-10-8-13(20-17-21-16(18)22-23-17)9-11(2)14(10)15(24)19-12-6-4-3-5-7-12/h3-9H,1-2H3,(H,19,24)(H4,18,20,21,22,23). The number of aryl methyl sites for hydroxylation is 2. The van der Waals surface area contributed by atoms with Crippen LogP contribution in [0, 0.1) is 13.8 Å². The van der Waals surface area contributed by atoms with E-state index in [4.69, 9.17) is 5.73 Å². The van der Waals surface area contributed by atoms with Crippen LogP contribution in [0.15, 0.2) is 42.5 Å². The van der Waals surface area contributed by atoms with Gasteiger partial charge in [0.2, 0.25) is 11.9 Å². The van der Waals surface area contributed by atoms with Gasteiger partial charge in [-0.1, -0.05) is 18.2 Å². The number of aromatic nitrogens is 3. The Kier molecular flexibility index (Phi) is 4.15. The van der Waals surface area contributed by atoms with Gasteiger partial charge in [0.05, 0.1) is 0 Å². The van der Waals surface area contributed by atoms with Gasteiger partial charge in [0.1, 0.15) is 0 Å². The number of nitrogens with two attached hydrogens (primary N) is 1. The number of rotatable bonds is 4. The second-order valence-corrected chi connectivity index (χ2v) is 5.47. The Morgan fingerprint density at radius 2 is 1.75 bits per heavy atom. The summed E-state index contributed by atoms with van der Waals surface area (Å²) >= 11 is 0. The minimum Gasteiger partial charge on any atom is -0.368 e. The van der Waals surface area contributed by atoms with Crippen LogP contribution in [0.2, 0.25) is 0 Å². The monoisotopic (exact) mass is 322 g/mol. The maximum atomic E-state index is 12.6. The molecule has 0 aliphatic heterocycles. The normalized spacial score (nSPS) is 10.4. The maximum Gasteiger partial charge on any atom is 0.256 e. The third-order valence-electron chi connectivity index (χ3n) is 3.55. The fourth-order valence-corrected chi connectivity index (χ4v) is 2.57. The van der Waals surface area contributed by atoms with Crippen LogP contribution >= 0.6 is 0 Å². The van der Waals surface area contributed by atoms with Gasteiger partial charge in [-0.2, -0.15) is 4.98 Å². The zero-order valence-electron chi connectivity index (χ0n) is 13.4. The van der Waals surface area contributed by atoms with Crippen molar-refractivity contribution in [1.82, 2.24) is 15.2 Å². The van der Waals surface area contributed by atoms with Gasteiger partial charge in [0.15, 0.2) is 0 Å². The third-order valence-corrected chi connectivity index (χ3v) is 3.55. The molecule has 122 valence electrons. The number of hydrogen-bond acceptors (Lipinski definition) is 5. The lowest BCUT2D eigenvalue weighted by Crippen LogP contribution is -2.15. The summed E-state index contributed by atoms with van der Waals surface area (Å²) in [5.41, 5.74) is 9.43. The number of benzene rings is 2. The van der Waals surface area contributed by atoms with E-state index in [1.807, 2.05) is 56.3 Å². The second-order valence-electron chi connectivity index (χ2n) is 5.47. The quantitative estimate of drug-likeness (QED) is 0.590. The molecule has 1 amide bonds. The molecule has 2 aromatic carbocycles. The Bertz CT molecular complexity index is 849. The van der Waals surface area contributed by atoms with Gasteiger partial charge in [-0.15, -0.1) is 5.10 Å². The Balaban J connectivity index is 1.83. The molecule has 3 aromatic rings. The first kappa shape index (κ1) is 15.5. The minimum absolute atomic E-state index is 0.134. The molecule has 0 radical (unpaired) electrons. The van der Waals surface area contributed by atoms with E-state index in [0.717, 1.165) is 22.5 Å². The number of nitrogens with zero attached hydrogens (tertiary/aromatic N) is 2. The van der Waals surface area contributed by atoms with Gasteiger partial charge in [-0.3, -0.25) is 4.79 Å². The van der Waals surface area contributed by atoms with E-state index < -0.39 is 0 Å². The molecule has 0 aliphatic rings. The Labute approximate surface area is 139 Å². The predicted molar refractivity (Wildman–Crippen MR) is 94.4 cm³/mol. The number of hydrogen-bond donors (Lipinski definition) is 4. The molecule has 0 atom stereocenters. The summed E-state index contributed by atoms with van der Waals surface area (Å²) < 4.78 is 0. The lowest BCUT2D eigenvalue weighted by molar-refractivity contribution is 0.102. The van der Waals surface area contributed by atoms with Crippen molar-refractivity contribution in [3.8, 4) is 0 Å². The summed E-state index contributed by atoms with van der Waals surface area (Å²) in [5.74, 6) is 0.488. The maximum absolute atomic E-state index is 12.6. The van der Waals surface area contributed by atoms with Crippen LogP contribution < -0.4 is 16.4 Å². The van der Waals surface area contributed by atoms with E-state index in [1.165, 1.54) is 0 Å². The summed E-state index contributed by atoms with van der Waals surface area (Å²) in [6.07, 6.45) is 0. The highest BCUT2D eigenvalue weighted by atomic mass is 16.1. The number of para-hydroxylation sites is 1. The molecule has 0 saturated heterocycles. The van der Waals surface area contributed by atoms with Gasteiger partial charge >= 0.3 is 0 Å². The van der Waals surface area contributed by atoms with Crippen LogP contribution in [-0.4, -0.2) is 21.1 Å². The van der Waals surface area contributed by atoms with Crippen LogP contribution in [0.1, 0.15) is 21.5 Å². The topological polar surface area (TPSA) is 109 Å². The third kappa shape index (κ3) is 3.35. The second kappa shape index (κ2) is 6.41. The number of nitrogen functional groups attached to an aromatic ring is 1. The van der Waals surface area contributed by atoms with Crippen LogP contribution in [0.4, 0.5) is 23.3 Å². The first-order valence-corrected chi connectivity index (χ1v) is 7.45. The van der Waals surface area contributed by atoms with Gasteiger partial charge in [-0.25, -0.2) is 5.10 Å². The first-order valence-electron chi connectivity index (χ1n) is 7.45. The van der Waals surface area contributed by atoms with Crippen LogP contribution in [0.25, 0.3) is 0 Å². The molecule has 0 aliphatic carbocycles. The van der Waals surface area contributed by atoms with Crippen molar-refractivity contribution in [3.63, 3.8) is 0 Å². The highest BCUT2D eigenvalue weighted by Gasteiger charge is 2.14. The van der Waals surface area contributed by atoms with Gasteiger partial charge < -0.3 is 16.4 Å². The van der Waals surface area contributed by atoms with Crippen molar-refractivity contribution in [2.75, 3.05) is 16.4 Å². The zero-order chi connectivity index (χ0) is 17.1. The van der Waals surface area contributed by atoms with E-state index in [1.54, 1.807) is 0 Å². The Morgan fingerprint density at radius 3 is 2.33 bits per heavy atom. The van der Waals surface area contributed by atoms with E-state index in [0.29, 0.717) is 11.5 Å². The van der Waals surface area contributed by atoms with Gasteiger partial charge in [0, 0.05) is 16.9 Å². The van der Waals surface area contributed by atoms with Gasteiger partial charge in [0.25, 0.3) is 5.91 Å². The molecule has 7 nitrogen and oxygen atoms in total. The highest BCUT2D eigenvalue weighted by molar-refractivity contribution is 6.06. The summed E-state index contributed by atoms with van der Waals surface area (Å²) in [6.45, 7) is 3.79. The number of H-pyrrole nitrogens is 1. The highest BCUT2D eigenvalue weighted by Crippen LogP contribution is 2.23. The molecule has 0 spiro atoms. The average Bonchev–Trinajstić information content (AvgIpc) is 2.92. The molecule has 0 bridgehead atoms. The molecular formula is C17H18N6O. The smallest absolute Gasteiger partial charge is 0.256 e. The lowest BCUT2D eigenvalue weighted by atomic mass is 10.0. The van der Waals surface area contributed by atoms with Crippen molar-refractivity contribution < 1.29 is 4.79 Å². The minimum atomic E-state index is -0.134. The fourth-order valence-electron chi connectivity index (χ4n) is 2.57. The summed E-state index contributed by atoms with van der Waals surface area (Å²) in [7, 11) is 0. The largest absolute Gasteiger partial charge is 0.368 e. The molecule has 5 N–H and O–H groups in total. The van der Waals surface area contributed by atoms with E-state index in [-0.39, 0.29) is 11.9 Å². The van der Waals surface area contributed by atoms with E-state index in [2.05, 4.69) is 25.8 Å². The van der Waals surface area contributed by atoms with Crippen LogP contribution in [0.3, 0.4) is 0 Å². The van der Waals surface area contributed by atoms with Crippen molar-refractivity contribution >= 4 is 29.2 Å². The Hall–Kier alpha value is -3.35.